The average Bonchev–Trinajstić information content (AvgIpc) is 2.34. The summed E-state index contributed by atoms with van der Waals surface area (Å²) in [5.41, 5.74) is 5.33. The topological polar surface area (TPSA) is 166 Å². The number of piperidine rings is 1. The molecule has 0 bridgehead atoms. The van der Waals surface area contributed by atoms with Crippen molar-refractivity contribution in [3.63, 3.8) is 0 Å². The molecule has 0 amide bonds. The summed E-state index contributed by atoms with van der Waals surface area (Å²) < 4.78 is 32.2. The van der Waals surface area contributed by atoms with Gasteiger partial charge in [0.15, 0.2) is 0 Å². The third-order valence-electron chi connectivity index (χ3n) is 2.62. The zero-order chi connectivity index (χ0) is 15.3. The number of rotatable bonds is 1. The third-order valence-corrected chi connectivity index (χ3v) is 2.62. The highest BCUT2D eigenvalue weighted by molar-refractivity contribution is 7.79. The van der Waals surface area contributed by atoms with Crippen molar-refractivity contribution in [3.8, 4) is 0 Å². The smallest absolute Gasteiger partial charge is 0.394 e. The zero-order valence-corrected chi connectivity index (χ0v) is 11.4. The summed E-state index contributed by atoms with van der Waals surface area (Å²) in [4.78, 5) is 6.08. The molecule has 1 saturated heterocycles. The number of hydrogen-bond acceptors (Lipinski definition) is 7. The lowest BCUT2D eigenvalue weighted by Gasteiger charge is -2.27. The van der Waals surface area contributed by atoms with Crippen LogP contribution in [0.3, 0.4) is 0 Å². The van der Waals surface area contributed by atoms with Crippen molar-refractivity contribution in [1.29, 1.82) is 5.41 Å². The van der Waals surface area contributed by atoms with E-state index in [4.69, 9.17) is 28.7 Å². The van der Waals surface area contributed by atoms with Crippen LogP contribution in [0.2, 0.25) is 0 Å². The van der Waals surface area contributed by atoms with Gasteiger partial charge >= 0.3 is 10.4 Å². The van der Waals surface area contributed by atoms with E-state index in [1.54, 1.807) is 6.07 Å². The van der Waals surface area contributed by atoms with Gasteiger partial charge in [-0.3, -0.25) is 14.5 Å². The molecule has 0 saturated carbocycles. The molecule has 0 aliphatic carbocycles. The lowest BCUT2D eigenvalue weighted by Crippen LogP contribution is -2.33. The first kappa shape index (κ1) is 16.2. The monoisotopic (exact) mass is 307 g/mol. The van der Waals surface area contributed by atoms with Gasteiger partial charge in [-0.05, 0) is 19.3 Å². The van der Waals surface area contributed by atoms with E-state index >= 15 is 0 Å². The molecule has 20 heavy (non-hydrogen) atoms. The Kier molecular flexibility index (Phi) is 5.30. The van der Waals surface area contributed by atoms with Crippen molar-refractivity contribution >= 4 is 22.0 Å². The van der Waals surface area contributed by atoms with Gasteiger partial charge in [0.25, 0.3) is 5.62 Å². The Labute approximate surface area is 115 Å². The molecule has 0 aromatic carbocycles. The molecule has 0 spiro atoms. The molecule has 1 aliphatic rings. The SMILES string of the molecule is N=c1nc(N2CCCCC2)cc(N)n1O.O=S(=O)(O)O. The predicted molar refractivity (Wildman–Crippen MR) is 69.9 cm³/mol. The Morgan fingerprint density at radius 3 is 2.20 bits per heavy atom. The van der Waals surface area contributed by atoms with Gasteiger partial charge in [0, 0.05) is 19.2 Å². The molecule has 0 atom stereocenters. The molecule has 11 heteroatoms. The van der Waals surface area contributed by atoms with E-state index in [9.17, 15) is 5.21 Å². The van der Waals surface area contributed by atoms with Crippen LogP contribution in [-0.4, -0.2) is 45.5 Å². The highest BCUT2D eigenvalue weighted by Gasteiger charge is 2.13. The Hall–Kier alpha value is -1.85. The summed E-state index contributed by atoms with van der Waals surface area (Å²) in [6.45, 7) is 1.89. The van der Waals surface area contributed by atoms with Crippen LogP contribution < -0.4 is 16.3 Å². The van der Waals surface area contributed by atoms with E-state index in [2.05, 4.69) is 9.88 Å². The van der Waals surface area contributed by atoms with E-state index in [0.29, 0.717) is 10.5 Å². The van der Waals surface area contributed by atoms with Crippen LogP contribution in [0.25, 0.3) is 0 Å². The predicted octanol–water partition coefficient (Wildman–Crippen LogP) is -0.480. The molecule has 1 aromatic heterocycles. The minimum atomic E-state index is -4.67. The molecule has 2 heterocycles. The minimum Gasteiger partial charge on any atom is -0.423 e. The van der Waals surface area contributed by atoms with Crippen LogP contribution in [0.1, 0.15) is 19.3 Å². The van der Waals surface area contributed by atoms with Crippen LogP contribution in [0.5, 0.6) is 0 Å². The van der Waals surface area contributed by atoms with Gasteiger partial charge in [-0.2, -0.15) is 13.4 Å². The quantitative estimate of drug-likeness (QED) is 0.342. The fourth-order valence-corrected chi connectivity index (χ4v) is 1.79. The van der Waals surface area contributed by atoms with Gasteiger partial charge in [-0.15, -0.1) is 4.73 Å². The first-order valence-electron chi connectivity index (χ1n) is 5.76. The largest absolute Gasteiger partial charge is 0.423 e. The van der Waals surface area contributed by atoms with Crippen molar-refractivity contribution in [2.45, 2.75) is 19.3 Å². The molecule has 6 N–H and O–H groups in total. The number of nitrogen functional groups attached to an aromatic ring is 1. The molecule has 2 rings (SSSR count). The van der Waals surface area contributed by atoms with Crippen molar-refractivity contribution < 1.29 is 22.7 Å². The fraction of sp³-hybridized carbons (Fsp3) is 0.556. The number of nitrogens with two attached hydrogens (primary N) is 1. The standard InChI is InChI=1S/C9H15N5O.H2O4S/c10-7-6-8(12-9(11)14(7)15)13-4-2-1-3-5-13;1-5(2,3)4/h6,11,15H,1-5,10H2;(H2,1,2,3,4). The molecule has 10 nitrogen and oxygen atoms in total. The average molecular weight is 307 g/mol. The second kappa shape index (κ2) is 6.54. The molecular formula is C9H17N5O5S. The molecule has 0 unspecified atom stereocenters. The minimum absolute atomic E-state index is 0.149. The fourth-order valence-electron chi connectivity index (χ4n) is 1.79. The second-order valence-corrected chi connectivity index (χ2v) is 5.07. The van der Waals surface area contributed by atoms with E-state index in [-0.39, 0.29) is 11.4 Å². The number of nitrogens with zero attached hydrogens (tertiary/aromatic N) is 3. The molecule has 1 fully saturated rings. The summed E-state index contributed by atoms with van der Waals surface area (Å²) >= 11 is 0. The molecule has 114 valence electrons. The first-order chi connectivity index (χ1) is 9.18. The first-order valence-corrected chi connectivity index (χ1v) is 7.16. The Bertz CT molecular complexity index is 600. The third kappa shape index (κ3) is 5.42. The van der Waals surface area contributed by atoms with E-state index in [0.717, 1.165) is 25.9 Å². The summed E-state index contributed by atoms with van der Waals surface area (Å²) in [5.74, 6) is 0.832. The molecule has 1 aromatic rings. The molecule has 1 aliphatic heterocycles. The zero-order valence-electron chi connectivity index (χ0n) is 10.6. The van der Waals surface area contributed by atoms with Gasteiger partial charge in [0.2, 0.25) is 0 Å². The maximum absolute atomic E-state index is 9.25. The van der Waals surface area contributed by atoms with Crippen molar-refractivity contribution in [2.24, 2.45) is 0 Å². The highest BCUT2D eigenvalue weighted by atomic mass is 32.3. The van der Waals surface area contributed by atoms with Gasteiger partial charge < -0.3 is 15.8 Å². The lowest BCUT2D eigenvalue weighted by atomic mass is 10.1. The van der Waals surface area contributed by atoms with Crippen LogP contribution in [0.4, 0.5) is 11.6 Å². The summed E-state index contributed by atoms with van der Waals surface area (Å²) in [7, 11) is -4.67. The summed E-state index contributed by atoms with van der Waals surface area (Å²) in [5, 5.41) is 16.7. The summed E-state index contributed by atoms with van der Waals surface area (Å²) in [6, 6.07) is 1.60. The van der Waals surface area contributed by atoms with Crippen molar-refractivity contribution in [1.82, 2.24) is 9.71 Å². The number of hydrogen-bond donors (Lipinski definition) is 5. The van der Waals surface area contributed by atoms with Gasteiger partial charge in [-0.25, -0.2) is 0 Å². The van der Waals surface area contributed by atoms with E-state index in [1.165, 1.54) is 6.42 Å². The van der Waals surface area contributed by atoms with Crippen LogP contribution >= 0.6 is 0 Å². The van der Waals surface area contributed by atoms with Crippen molar-refractivity contribution in [3.05, 3.63) is 11.7 Å². The summed E-state index contributed by atoms with van der Waals surface area (Å²) in [6.07, 6.45) is 3.53. The van der Waals surface area contributed by atoms with Crippen molar-refractivity contribution in [2.75, 3.05) is 23.7 Å². The Morgan fingerprint density at radius 2 is 1.75 bits per heavy atom. The number of anilines is 2. The Balaban J connectivity index is 0.000000347. The number of nitrogens with one attached hydrogen (secondary N) is 1. The van der Waals surface area contributed by atoms with Crippen LogP contribution in [0, 0.1) is 5.41 Å². The van der Waals surface area contributed by atoms with Crippen LogP contribution in [0.15, 0.2) is 6.07 Å². The normalized spacial score (nSPS) is 15.4. The molecular weight excluding hydrogens is 290 g/mol. The second-order valence-electron chi connectivity index (χ2n) is 4.17. The van der Waals surface area contributed by atoms with Gasteiger partial charge in [0.05, 0.1) is 0 Å². The lowest BCUT2D eigenvalue weighted by molar-refractivity contribution is 0.171. The van der Waals surface area contributed by atoms with Gasteiger partial charge in [-0.1, -0.05) is 0 Å². The molecule has 0 radical (unpaired) electrons. The van der Waals surface area contributed by atoms with E-state index in [1.807, 2.05) is 0 Å². The van der Waals surface area contributed by atoms with Crippen LogP contribution in [-0.2, 0) is 10.4 Å². The highest BCUT2D eigenvalue weighted by Crippen LogP contribution is 2.17. The Morgan fingerprint density at radius 1 is 1.25 bits per heavy atom. The maximum Gasteiger partial charge on any atom is 0.394 e. The maximum atomic E-state index is 9.25. The van der Waals surface area contributed by atoms with E-state index < -0.39 is 10.4 Å². The number of aromatic nitrogens is 2. The van der Waals surface area contributed by atoms with Gasteiger partial charge in [0.1, 0.15) is 11.6 Å².